The third kappa shape index (κ3) is 3.33. The quantitative estimate of drug-likeness (QED) is 0.654. The SMILES string of the molecule is CNc1ccc(C(=O)N2CCC[C@@H]2c2cccc(OC)c2)cc1[N+](=O)[O-]. The molecule has 2 aromatic carbocycles. The number of anilines is 1. The fourth-order valence-corrected chi connectivity index (χ4v) is 3.40. The molecule has 0 saturated carbocycles. The number of nitrogens with one attached hydrogen (secondary N) is 1. The molecule has 0 radical (unpaired) electrons. The van der Waals surface area contributed by atoms with Gasteiger partial charge >= 0.3 is 0 Å². The number of carbonyl (C=O) groups excluding carboxylic acids is 1. The van der Waals surface area contributed by atoms with E-state index in [1.807, 2.05) is 24.3 Å². The Kier molecular flexibility index (Phi) is 5.06. The van der Waals surface area contributed by atoms with Crippen molar-refractivity contribution in [3.05, 3.63) is 63.7 Å². The number of rotatable bonds is 5. The number of nitrogens with zero attached hydrogens (tertiary/aromatic N) is 2. The summed E-state index contributed by atoms with van der Waals surface area (Å²) >= 11 is 0. The molecule has 0 bridgehead atoms. The van der Waals surface area contributed by atoms with Gasteiger partial charge < -0.3 is 15.0 Å². The van der Waals surface area contributed by atoms with Crippen molar-refractivity contribution in [2.24, 2.45) is 0 Å². The molecule has 0 spiro atoms. The number of nitro groups is 1. The van der Waals surface area contributed by atoms with E-state index in [1.165, 1.54) is 6.07 Å². The molecule has 0 aliphatic carbocycles. The Labute approximate surface area is 151 Å². The molecule has 1 N–H and O–H groups in total. The molecular weight excluding hydrogens is 334 g/mol. The number of amides is 1. The average molecular weight is 355 g/mol. The minimum atomic E-state index is -0.480. The lowest BCUT2D eigenvalue weighted by Gasteiger charge is -2.25. The van der Waals surface area contributed by atoms with Crippen molar-refractivity contribution >= 4 is 17.3 Å². The molecule has 7 heteroatoms. The molecule has 7 nitrogen and oxygen atoms in total. The fourth-order valence-electron chi connectivity index (χ4n) is 3.40. The second-order valence-corrected chi connectivity index (χ2v) is 6.17. The van der Waals surface area contributed by atoms with E-state index in [0.717, 1.165) is 24.2 Å². The number of nitro benzene ring substituents is 1. The van der Waals surface area contributed by atoms with Gasteiger partial charge in [0.1, 0.15) is 11.4 Å². The van der Waals surface area contributed by atoms with Gasteiger partial charge in [-0.15, -0.1) is 0 Å². The average Bonchev–Trinajstić information content (AvgIpc) is 3.16. The molecule has 1 heterocycles. The number of methoxy groups -OCH3 is 1. The van der Waals surface area contributed by atoms with Crippen LogP contribution < -0.4 is 10.1 Å². The smallest absolute Gasteiger partial charge is 0.293 e. The van der Waals surface area contributed by atoms with E-state index in [-0.39, 0.29) is 17.6 Å². The van der Waals surface area contributed by atoms with Crippen molar-refractivity contribution < 1.29 is 14.5 Å². The summed E-state index contributed by atoms with van der Waals surface area (Å²) < 4.78 is 5.28. The number of ether oxygens (including phenoxy) is 1. The Bertz CT molecular complexity index is 837. The molecule has 1 atom stereocenters. The van der Waals surface area contributed by atoms with Crippen LogP contribution in [0.3, 0.4) is 0 Å². The summed E-state index contributed by atoms with van der Waals surface area (Å²) in [6.45, 7) is 0.627. The predicted molar refractivity (Wildman–Crippen MR) is 98.6 cm³/mol. The zero-order valence-corrected chi connectivity index (χ0v) is 14.8. The maximum atomic E-state index is 13.0. The maximum absolute atomic E-state index is 13.0. The number of carbonyl (C=O) groups is 1. The molecule has 1 aliphatic rings. The van der Waals surface area contributed by atoms with Crippen molar-refractivity contribution in [2.75, 3.05) is 26.0 Å². The van der Waals surface area contributed by atoms with Crippen LogP contribution in [0.15, 0.2) is 42.5 Å². The lowest BCUT2D eigenvalue weighted by Crippen LogP contribution is -2.30. The third-order valence-corrected chi connectivity index (χ3v) is 4.70. The first-order valence-corrected chi connectivity index (χ1v) is 8.46. The summed E-state index contributed by atoms with van der Waals surface area (Å²) in [4.78, 5) is 25.6. The first-order chi connectivity index (χ1) is 12.5. The largest absolute Gasteiger partial charge is 0.497 e. The highest BCUT2D eigenvalue weighted by Gasteiger charge is 2.31. The topological polar surface area (TPSA) is 84.7 Å². The Morgan fingerprint density at radius 1 is 1.31 bits per heavy atom. The highest BCUT2D eigenvalue weighted by molar-refractivity contribution is 5.96. The van der Waals surface area contributed by atoms with Crippen LogP contribution in [-0.2, 0) is 0 Å². The molecule has 1 saturated heterocycles. The van der Waals surface area contributed by atoms with Crippen LogP contribution in [0.2, 0.25) is 0 Å². The number of hydrogen-bond acceptors (Lipinski definition) is 5. The van der Waals surface area contributed by atoms with Gasteiger partial charge in [-0.25, -0.2) is 0 Å². The monoisotopic (exact) mass is 355 g/mol. The van der Waals surface area contributed by atoms with Gasteiger partial charge in [0.15, 0.2) is 0 Å². The van der Waals surface area contributed by atoms with Gasteiger partial charge in [0, 0.05) is 25.2 Å². The second kappa shape index (κ2) is 7.43. The van der Waals surface area contributed by atoms with E-state index in [2.05, 4.69) is 5.32 Å². The lowest BCUT2D eigenvalue weighted by molar-refractivity contribution is -0.384. The van der Waals surface area contributed by atoms with Crippen molar-refractivity contribution in [2.45, 2.75) is 18.9 Å². The zero-order valence-electron chi connectivity index (χ0n) is 14.8. The van der Waals surface area contributed by atoms with Crippen molar-refractivity contribution in [1.82, 2.24) is 4.90 Å². The lowest BCUT2D eigenvalue weighted by atomic mass is 10.0. The minimum absolute atomic E-state index is 0.0550. The summed E-state index contributed by atoms with van der Waals surface area (Å²) in [6, 6.07) is 12.2. The van der Waals surface area contributed by atoms with Crippen LogP contribution in [0.25, 0.3) is 0 Å². The van der Waals surface area contributed by atoms with Gasteiger partial charge in [-0.2, -0.15) is 0 Å². The molecule has 1 aliphatic heterocycles. The molecule has 26 heavy (non-hydrogen) atoms. The number of likely N-dealkylation sites (tertiary alicyclic amines) is 1. The molecule has 1 amide bonds. The van der Waals surface area contributed by atoms with E-state index in [9.17, 15) is 14.9 Å². The number of benzene rings is 2. The molecule has 0 aromatic heterocycles. The van der Waals surface area contributed by atoms with E-state index < -0.39 is 4.92 Å². The van der Waals surface area contributed by atoms with E-state index in [0.29, 0.717) is 17.8 Å². The summed E-state index contributed by atoms with van der Waals surface area (Å²) in [7, 11) is 3.22. The van der Waals surface area contributed by atoms with Crippen LogP contribution in [0, 0.1) is 10.1 Å². The first kappa shape index (κ1) is 17.7. The molecule has 3 rings (SSSR count). The van der Waals surface area contributed by atoms with Crippen molar-refractivity contribution in [3.63, 3.8) is 0 Å². The van der Waals surface area contributed by atoms with E-state index >= 15 is 0 Å². The van der Waals surface area contributed by atoms with Crippen LogP contribution >= 0.6 is 0 Å². The van der Waals surface area contributed by atoms with Crippen molar-refractivity contribution in [3.8, 4) is 5.75 Å². The Morgan fingerprint density at radius 2 is 2.12 bits per heavy atom. The Morgan fingerprint density at radius 3 is 2.81 bits per heavy atom. The van der Waals surface area contributed by atoms with Gasteiger partial charge in [0.25, 0.3) is 11.6 Å². The fraction of sp³-hybridized carbons (Fsp3) is 0.316. The third-order valence-electron chi connectivity index (χ3n) is 4.70. The molecule has 0 unspecified atom stereocenters. The van der Waals surface area contributed by atoms with E-state index in [1.54, 1.807) is 31.2 Å². The summed E-state index contributed by atoms with van der Waals surface area (Å²) in [5.74, 6) is 0.553. The van der Waals surface area contributed by atoms with Crippen LogP contribution in [0.4, 0.5) is 11.4 Å². The molecule has 1 fully saturated rings. The molecule has 136 valence electrons. The van der Waals surface area contributed by atoms with Crippen LogP contribution in [0.1, 0.15) is 34.8 Å². The van der Waals surface area contributed by atoms with Crippen molar-refractivity contribution in [1.29, 1.82) is 0 Å². The van der Waals surface area contributed by atoms with Gasteiger partial charge in [0.05, 0.1) is 18.1 Å². The summed E-state index contributed by atoms with van der Waals surface area (Å²) in [5.41, 5.74) is 1.62. The normalized spacial score (nSPS) is 16.4. The van der Waals surface area contributed by atoms with E-state index in [4.69, 9.17) is 4.74 Å². The van der Waals surface area contributed by atoms with Crippen LogP contribution in [-0.4, -0.2) is 36.4 Å². The molecular formula is C19H21N3O4. The van der Waals surface area contributed by atoms with Gasteiger partial charge in [-0.3, -0.25) is 14.9 Å². The van der Waals surface area contributed by atoms with Gasteiger partial charge in [0.2, 0.25) is 0 Å². The highest BCUT2D eigenvalue weighted by atomic mass is 16.6. The highest BCUT2D eigenvalue weighted by Crippen LogP contribution is 2.35. The zero-order chi connectivity index (χ0) is 18.7. The summed E-state index contributed by atoms with van der Waals surface area (Å²) in [6.07, 6.45) is 1.75. The van der Waals surface area contributed by atoms with Crippen LogP contribution in [0.5, 0.6) is 5.75 Å². The maximum Gasteiger partial charge on any atom is 0.293 e. The predicted octanol–water partition coefficient (Wildman–Crippen LogP) is 3.62. The van der Waals surface area contributed by atoms with Gasteiger partial charge in [-0.05, 0) is 42.7 Å². The standard InChI is InChI=1S/C19H21N3O4/c1-20-16-9-8-14(12-18(16)22(24)25)19(23)21-10-4-7-17(21)13-5-3-6-15(11-13)26-2/h3,5-6,8-9,11-12,17,20H,4,7,10H2,1-2H3/t17-/m1/s1. The Hall–Kier alpha value is -3.09. The first-order valence-electron chi connectivity index (χ1n) is 8.46. The second-order valence-electron chi connectivity index (χ2n) is 6.17. The molecule has 2 aromatic rings. The summed E-state index contributed by atoms with van der Waals surface area (Å²) in [5, 5.41) is 14.0. The van der Waals surface area contributed by atoms with Gasteiger partial charge in [-0.1, -0.05) is 12.1 Å². The number of hydrogen-bond donors (Lipinski definition) is 1. The minimum Gasteiger partial charge on any atom is -0.497 e. The Balaban J connectivity index is 1.91.